The smallest absolute Gasteiger partial charge is 0.243 e. The fourth-order valence-electron chi connectivity index (χ4n) is 1.06. The van der Waals surface area contributed by atoms with E-state index >= 15 is 0 Å². The Balaban J connectivity index is 0. The first kappa shape index (κ1) is 20.8. The molecule has 19 heavy (non-hydrogen) atoms. The van der Waals surface area contributed by atoms with Gasteiger partial charge in [0.15, 0.2) is 5.96 Å². The first-order chi connectivity index (χ1) is 8.32. The Morgan fingerprint density at radius 2 is 1.47 bits per heavy atom. The lowest BCUT2D eigenvalue weighted by Gasteiger charge is -2.16. The first-order valence-electron chi connectivity index (χ1n) is 6.55. The molecule has 0 rings (SSSR count). The number of hydrogen-bond acceptors (Lipinski definition) is 2. The van der Waals surface area contributed by atoms with Gasteiger partial charge in [-0.25, -0.2) is 4.99 Å². The Hall–Kier alpha value is -0.530. The van der Waals surface area contributed by atoms with Gasteiger partial charge in [-0.15, -0.1) is 24.0 Å². The highest BCUT2D eigenvalue weighted by molar-refractivity contribution is 14.0. The van der Waals surface area contributed by atoms with Crippen molar-refractivity contribution in [1.29, 1.82) is 0 Å². The summed E-state index contributed by atoms with van der Waals surface area (Å²) in [4.78, 5) is 17.3. The van der Waals surface area contributed by atoms with Gasteiger partial charge in [0.1, 0.15) is 6.54 Å². The van der Waals surface area contributed by atoms with Crippen LogP contribution in [0.25, 0.3) is 0 Å². The summed E-state index contributed by atoms with van der Waals surface area (Å²) in [5.74, 6) is 1.80. The molecule has 0 bridgehead atoms. The van der Waals surface area contributed by atoms with E-state index in [0.29, 0.717) is 17.8 Å². The molecule has 0 aliphatic heterocycles. The summed E-state index contributed by atoms with van der Waals surface area (Å²) >= 11 is 0. The number of aliphatic imine (C=N–C) groups is 1. The van der Waals surface area contributed by atoms with Gasteiger partial charge >= 0.3 is 0 Å². The predicted octanol–water partition coefficient (Wildman–Crippen LogP) is 1.54. The SMILES string of the molecule is CC(C)CNC(=NCC(=O)N(C)C)NCC(C)C.I. The van der Waals surface area contributed by atoms with E-state index < -0.39 is 0 Å². The van der Waals surface area contributed by atoms with Gasteiger partial charge in [0.25, 0.3) is 0 Å². The van der Waals surface area contributed by atoms with E-state index in [1.807, 2.05) is 0 Å². The molecule has 0 saturated carbocycles. The number of amides is 1. The number of halogens is 1. The van der Waals surface area contributed by atoms with Crippen molar-refractivity contribution in [3.63, 3.8) is 0 Å². The van der Waals surface area contributed by atoms with E-state index in [4.69, 9.17) is 0 Å². The topological polar surface area (TPSA) is 56.7 Å². The number of rotatable bonds is 6. The van der Waals surface area contributed by atoms with Crippen molar-refractivity contribution in [2.75, 3.05) is 33.7 Å². The van der Waals surface area contributed by atoms with E-state index in [-0.39, 0.29) is 36.4 Å². The number of likely N-dealkylation sites (N-methyl/N-ethyl adjacent to an activating group) is 1. The third-order valence-electron chi connectivity index (χ3n) is 2.23. The van der Waals surface area contributed by atoms with Gasteiger partial charge in [-0.2, -0.15) is 0 Å². The highest BCUT2D eigenvalue weighted by Crippen LogP contribution is 1.90. The molecule has 0 unspecified atom stereocenters. The van der Waals surface area contributed by atoms with Gasteiger partial charge in [0.2, 0.25) is 5.91 Å². The quantitative estimate of drug-likeness (QED) is 0.415. The molecule has 0 aromatic rings. The van der Waals surface area contributed by atoms with Crippen LogP contribution in [0.2, 0.25) is 0 Å². The van der Waals surface area contributed by atoms with Crippen LogP contribution in [0.4, 0.5) is 0 Å². The number of nitrogens with zero attached hydrogens (tertiary/aromatic N) is 2. The number of nitrogens with one attached hydrogen (secondary N) is 2. The fourth-order valence-corrected chi connectivity index (χ4v) is 1.06. The second kappa shape index (κ2) is 11.3. The van der Waals surface area contributed by atoms with Crippen molar-refractivity contribution < 1.29 is 4.79 Å². The van der Waals surface area contributed by atoms with E-state index in [0.717, 1.165) is 13.1 Å². The summed E-state index contributed by atoms with van der Waals surface area (Å²) in [6.45, 7) is 10.4. The molecule has 6 heteroatoms. The van der Waals surface area contributed by atoms with Crippen molar-refractivity contribution in [2.24, 2.45) is 16.8 Å². The zero-order valence-corrected chi connectivity index (χ0v) is 15.3. The zero-order valence-electron chi connectivity index (χ0n) is 13.0. The third-order valence-corrected chi connectivity index (χ3v) is 2.23. The molecule has 1 amide bonds. The molecule has 0 fully saturated rings. The van der Waals surface area contributed by atoms with Crippen molar-refractivity contribution in [3.05, 3.63) is 0 Å². The number of guanidine groups is 1. The minimum Gasteiger partial charge on any atom is -0.356 e. The van der Waals surface area contributed by atoms with Gasteiger partial charge in [-0.3, -0.25) is 4.79 Å². The number of carbonyl (C=O) groups is 1. The number of hydrogen-bond donors (Lipinski definition) is 2. The van der Waals surface area contributed by atoms with Crippen molar-refractivity contribution in [1.82, 2.24) is 15.5 Å². The van der Waals surface area contributed by atoms with Crippen LogP contribution in [-0.4, -0.2) is 50.5 Å². The van der Waals surface area contributed by atoms with E-state index in [1.165, 1.54) is 0 Å². The molecule has 114 valence electrons. The van der Waals surface area contributed by atoms with Crippen LogP contribution in [0, 0.1) is 11.8 Å². The van der Waals surface area contributed by atoms with E-state index in [1.54, 1.807) is 19.0 Å². The second-order valence-electron chi connectivity index (χ2n) is 5.50. The fraction of sp³-hybridized carbons (Fsp3) is 0.846. The van der Waals surface area contributed by atoms with Gasteiger partial charge in [-0.05, 0) is 11.8 Å². The van der Waals surface area contributed by atoms with Gasteiger partial charge in [0.05, 0.1) is 0 Å². The molecule has 0 radical (unpaired) electrons. The molecule has 0 heterocycles. The molecule has 5 nitrogen and oxygen atoms in total. The molecule has 0 aliphatic rings. The van der Waals surface area contributed by atoms with Gasteiger partial charge in [-0.1, -0.05) is 27.7 Å². The van der Waals surface area contributed by atoms with Crippen LogP contribution >= 0.6 is 24.0 Å². The standard InChI is InChI=1S/C13H28N4O.HI/c1-10(2)7-14-13(15-8-11(3)4)16-9-12(18)17(5)6;/h10-11H,7-9H2,1-6H3,(H2,14,15,16);1H. The Labute approximate surface area is 134 Å². The maximum Gasteiger partial charge on any atom is 0.243 e. The average molecular weight is 384 g/mol. The van der Waals surface area contributed by atoms with Crippen LogP contribution in [0.3, 0.4) is 0 Å². The lowest BCUT2D eigenvalue weighted by Crippen LogP contribution is -2.41. The van der Waals surface area contributed by atoms with E-state index in [2.05, 4.69) is 43.3 Å². The lowest BCUT2D eigenvalue weighted by atomic mass is 10.2. The number of carbonyl (C=O) groups excluding carboxylic acids is 1. The summed E-state index contributed by atoms with van der Waals surface area (Å²) in [6.07, 6.45) is 0. The van der Waals surface area contributed by atoms with Crippen LogP contribution < -0.4 is 10.6 Å². The molecule has 0 saturated heterocycles. The molecule has 0 aromatic heterocycles. The molecule has 0 aliphatic carbocycles. The largest absolute Gasteiger partial charge is 0.356 e. The van der Waals surface area contributed by atoms with Crippen molar-refractivity contribution in [2.45, 2.75) is 27.7 Å². The Bertz CT molecular complexity index is 264. The summed E-state index contributed by atoms with van der Waals surface area (Å²) in [7, 11) is 3.47. The molecular weight excluding hydrogens is 355 g/mol. The van der Waals surface area contributed by atoms with Crippen molar-refractivity contribution >= 4 is 35.8 Å². The van der Waals surface area contributed by atoms with Crippen LogP contribution in [0.1, 0.15) is 27.7 Å². The van der Waals surface area contributed by atoms with Crippen molar-refractivity contribution in [3.8, 4) is 0 Å². The Kier molecular flexibility index (Phi) is 12.4. The molecule has 0 spiro atoms. The summed E-state index contributed by atoms with van der Waals surface area (Å²) in [5.41, 5.74) is 0. The normalized spacial score (nSPS) is 9.89. The van der Waals surface area contributed by atoms with Crippen LogP contribution in [-0.2, 0) is 4.79 Å². The summed E-state index contributed by atoms with van der Waals surface area (Å²) in [6, 6.07) is 0. The monoisotopic (exact) mass is 384 g/mol. The first-order valence-corrected chi connectivity index (χ1v) is 6.55. The maximum absolute atomic E-state index is 11.5. The van der Waals surface area contributed by atoms with Gasteiger partial charge < -0.3 is 15.5 Å². The zero-order chi connectivity index (χ0) is 14.1. The second-order valence-corrected chi connectivity index (χ2v) is 5.50. The molecular formula is C13H29IN4O. The highest BCUT2D eigenvalue weighted by Gasteiger charge is 2.05. The Morgan fingerprint density at radius 1 is 1.05 bits per heavy atom. The molecule has 0 atom stereocenters. The molecule has 2 N–H and O–H groups in total. The summed E-state index contributed by atoms with van der Waals surface area (Å²) < 4.78 is 0. The third kappa shape index (κ3) is 12.3. The van der Waals surface area contributed by atoms with E-state index in [9.17, 15) is 4.79 Å². The Morgan fingerprint density at radius 3 is 1.79 bits per heavy atom. The average Bonchev–Trinajstić information content (AvgIpc) is 2.26. The van der Waals surface area contributed by atoms with Gasteiger partial charge in [0, 0.05) is 27.2 Å². The summed E-state index contributed by atoms with van der Waals surface area (Å²) in [5, 5.41) is 6.47. The minimum atomic E-state index is 0. The van der Waals surface area contributed by atoms with Crippen LogP contribution in [0.15, 0.2) is 4.99 Å². The van der Waals surface area contributed by atoms with Crippen LogP contribution in [0.5, 0.6) is 0 Å². The highest BCUT2D eigenvalue weighted by atomic mass is 127. The maximum atomic E-state index is 11.5. The minimum absolute atomic E-state index is 0. The predicted molar refractivity (Wildman–Crippen MR) is 92.1 cm³/mol. The molecule has 0 aromatic carbocycles. The lowest BCUT2D eigenvalue weighted by molar-refractivity contribution is -0.127.